The number of rotatable bonds is 2. The van der Waals surface area contributed by atoms with Crippen molar-refractivity contribution in [2.75, 3.05) is 0 Å². The predicted molar refractivity (Wildman–Crippen MR) is 61.7 cm³/mol. The van der Waals surface area contributed by atoms with E-state index in [1.54, 1.807) is 0 Å². The molecule has 1 aliphatic carbocycles. The van der Waals surface area contributed by atoms with Crippen LogP contribution in [0.5, 0.6) is 5.75 Å². The van der Waals surface area contributed by atoms with Crippen LogP contribution in [0.1, 0.15) is 42.9 Å². The standard InChI is InChI=1S/C13H19NO/c1-9-5-4-8-11(13(9)15)12(14)10-6-2-3-7-10/h4-5,8,10,12,15H,2-3,6-7,14H2,1H3/t12-/m1/s1. The summed E-state index contributed by atoms with van der Waals surface area (Å²) >= 11 is 0. The van der Waals surface area contributed by atoms with Crippen molar-refractivity contribution >= 4 is 0 Å². The summed E-state index contributed by atoms with van der Waals surface area (Å²) < 4.78 is 0. The molecule has 1 fully saturated rings. The fourth-order valence-corrected chi connectivity index (χ4v) is 2.52. The lowest BCUT2D eigenvalue weighted by Gasteiger charge is -2.20. The fourth-order valence-electron chi connectivity index (χ4n) is 2.52. The molecular weight excluding hydrogens is 186 g/mol. The van der Waals surface area contributed by atoms with Gasteiger partial charge < -0.3 is 10.8 Å². The van der Waals surface area contributed by atoms with Crippen LogP contribution in [0, 0.1) is 12.8 Å². The second kappa shape index (κ2) is 4.23. The number of aryl methyl sites for hydroxylation is 1. The molecular formula is C13H19NO. The van der Waals surface area contributed by atoms with Crippen LogP contribution in [0.2, 0.25) is 0 Å². The van der Waals surface area contributed by atoms with Crippen molar-refractivity contribution in [2.45, 2.75) is 38.6 Å². The van der Waals surface area contributed by atoms with Gasteiger partial charge in [-0.2, -0.15) is 0 Å². The van der Waals surface area contributed by atoms with Gasteiger partial charge in [0.1, 0.15) is 5.75 Å². The van der Waals surface area contributed by atoms with Crippen LogP contribution in [0.25, 0.3) is 0 Å². The fraction of sp³-hybridized carbons (Fsp3) is 0.538. The molecule has 0 radical (unpaired) electrons. The Labute approximate surface area is 91.1 Å². The van der Waals surface area contributed by atoms with Gasteiger partial charge in [0.15, 0.2) is 0 Å². The lowest BCUT2D eigenvalue weighted by molar-refractivity contribution is 0.410. The Kier molecular flexibility index (Phi) is 2.96. The number of nitrogens with two attached hydrogens (primary N) is 1. The summed E-state index contributed by atoms with van der Waals surface area (Å²) in [4.78, 5) is 0. The molecule has 1 aromatic rings. The summed E-state index contributed by atoms with van der Waals surface area (Å²) in [7, 11) is 0. The SMILES string of the molecule is Cc1cccc([C@H](N)C2CCCC2)c1O. The van der Waals surface area contributed by atoms with Gasteiger partial charge in [-0.3, -0.25) is 0 Å². The molecule has 0 aliphatic heterocycles. The Hall–Kier alpha value is -1.02. The zero-order valence-corrected chi connectivity index (χ0v) is 9.24. The molecule has 0 amide bonds. The van der Waals surface area contributed by atoms with Gasteiger partial charge in [-0.05, 0) is 31.2 Å². The molecule has 0 unspecified atom stereocenters. The highest BCUT2D eigenvalue weighted by molar-refractivity contribution is 5.41. The minimum absolute atomic E-state index is 0.00685. The summed E-state index contributed by atoms with van der Waals surface area (Å²) in [6, 6.07) is 5.84. The first kappa shape index (κ1) is 10.5. The van der Waals surface area contributed by atoms with E-state index in [1.807, 2.05) is 25.1 Å². The Morgan fingerprint density at radius 3 is 2.67 bits per heavy atom. The van der Waals surface area contributed by atoms with Crippen molar-refractivity contribution in [3.63, 3.8) is 0 Å². The van der Waals surface area contributed by atoms with E-state index >= 15 is 0 Å². The molecule has 0 bridgehead atoms. The maximum atomic E-state index is 9.95. The molecule has 82 valence electrons. The van der Waals surface area contributed by atoms with Gasteiger partial charge in [-0.15, -0.1) is 0 Å². The lowest BCUT2D eigenvalue weighted by Crippen LogP contribution is -2.19. The minimum atomic E-state index is 0.00685. The highest BCUT2D eigenvalue weighted by atomic mass is 16.3. The smallest absolute Gasteiger partial charge is 0.123 e. The van der Waals surface area contributed by atoms with Gasteiger partial charge in [-0.25, -0.2) is 0 Å². The molecule has 1 aromatic carbocycles. The zero-order valence-electron chi connectivity index (χ0n) is 9.24. The van der Waals surface area contributed by atoms with Crippen LogP contribution in [0.15, 0.2) is 18.2 Å². The van der Waals surface area contributed by atoms with Crippen molar-refractivity contribution in [2.24, 2.45) is 11.7 Å². The molecule has 15 heavy (non-hydrogen) atoms. The van der Waals surface area contributed by atoms with Gasteiger partial charge in [-0.1, -0.05) is 31.0 Å². The number of aromatic hydroxyl groups is 1. The topological polar surface area (TPSA) is 46.2 Å². The molecule has 3 N–H and O–H groups in total. The van der Waals surface area contributed by atoms with Crippen molar-refractivity contribution in [3.05, 3.63) is 29.3 Å². The summed E-state index contributed by atoms with van der Waals surface area (Å²) in [5.41, 5.74) is 8.05. The predicted octanol–water partition coefficient (Wildman–Crippen LogP) is 2.89. The first-order valence-corrected chi connectivity index (χ1v) is 5.74. The Morgan fingerprint density at radius 2 is 2.00 bits per heavy atom. The Morgan fingerprint density at radius 1 is 1.33 bits per heavy atom. The van der Waals surface area contributed by atoms with Crippen LogP contribution in [0.4, 0.5) is 0 Å². The minimum Gasteiger partial charge on any atom is -0.507 e. The number of phenolic OH excluding ortho intramolecular Hbond substituents is 1. The molecule has 0 heterocycles. The van der Waals surface area contributed by atoms with E-state index in [-0.39, 0.29) is 6.04 Å². The summed E-state index contributed by atoms with van der Waals surface area (Å²) in [6.45, 7) is 1.92. The van der Waals surface area contributed by atoms with E-state index in [0.717, 1.165) is 11.1 Å². The molecule has 0 saturated heterocycles. The van der Waals surface area contributed by atoms with E-state index in [1.165, 1.54) is 25.7 Å². The van der Waals surface area contributed by atoms with Crippen LogP contribution in [-0.4, -0.2) is 5.11 Å². The highest BCUT2D eigenvalue weighted by Crippen LogP contribution is 2.37. The maximum absolute atomic E-state index is 9.95. The van der Waals surface area contributed by atoms with Gasteiger partial charge in [0.05, 0.1) is 0 Å². The van der Waals surface area contributed by atoms with Gasteiger partial charge in [0, 0.05) is 11.6 Å². The maximum Gasteiger partial charge on any atom is 0.123 e. The van der Waals surface area contributed by atoms with E-state index in [0.29, 0.717) is 11.7 Å². The van der Waals surface area contributed by atoms with E-state index in [4.69, 9.17) is 5.73 Å². The number of benzene rings is 1. The van der Waals surface area contributed by atoms with Crippen LogP contribution < -0.4 is 5.73 Å². The monoisotopic (exact) mass is 205 g/mol. The van der Waals surface area contributed by atoms with Gasteiger partial charge in [0.25, 0.3) is 0 Å². The number of para-hydroxylation sites is 1. The van der Waals surface area contributed by atoms with Crippen LogP contribution in [0.3, 0.4) is 0 Å². The Bertz CT molecular complexity index is 342. The number of phenols is 1. The summed E-state index contributed by atoms with van der Waals surface area (Å²) in [5.74, 6) is 0.939. The molecule has 2 nitrogen and oxygen atoms in total. The molecule has 2 heteroatoms. The third-order valence-corrected chi connectivity index (χ3v) is 3.54. The van der Waals surface area contributed by atoms with E-state index < -0.39 is 0 Å². The third kappa shape index (κ3) is 2.00. The van der Waals surface area contributed by atoms with Crippen molar-refractivity contribution < 1.29 is 5.11 Å². The summed E-state index contributed by atoms with van der Waals surface area (Å²) in [5, 5.41) is 9.95. The third-order valence-electron chi connectivity index (χ3n) is 3.54. The first-order chi connectivity index (χ1) is 7.20. The van der Waals surface area contributed by atoms with E-state index in [2.05, 4.69) is 0 Å². The van der Waals surface area contributed by atoms with Crippen molar-refractivity contribution in [1.82, 2.24) is 0 Å². The van der Waals surface area contributed by atoms with Crippen LogP contribution >= 0.6 is 0 Å². The second-order valence-electron chi connectivity index (χ2n) is 4.58. The molecule has 1 saturated carbocycles. The number of hydrogen-bond donors (Lipinski definition) is 2. The number of hydrogen-bond acceptors (Lipinski definition) is 2. The van der Waals surface area contributed by atoms with Gasteiger partial charge in [0.2, 0.25) is 0 Å². The molecule has 0 aromatic heterocycles. The van der Waals surface area contributed by atoms with E-state index in [9.17, 15) is 5.11 Å². The molecule has 0 spiro atoms. The molecule has 1 aliphatic rings. The average molecular weight is 205 g/mol. The lowest BCUT2D eigenvalue weighted by atomic mass is 9.91. The molecule has 2 rings (SSSR count). The van der Waals surface area contributed by atoms with Crippen molar-refractivity contribution in [1.29, 1.82) is 0 Å². The Balaban J connectivity index is 2.24. The second-order valence-corrected chi connectivity index (χ2v) is 4.58. The summed E-state index contributed by atoms with van der Waals surface area (Å²) in [6.07, 6.45) is 4.97. The highest BCUT2D eigenvalue weighted by Gasteiger charge is 2.25. The largest absolute Gasteiger partial charge is 0.507 e. The first-order valence-electron chi connectivity index (χ1n) is 5.74. The average Bonchev–Trinajstić information content (AvgIpc) is 2.74. The molecule has 1 atom stereocenters. The quantitative estimate of drug-likeness (QED) is 0.779. The van der Waals surface area contributed by atoms with Crippen molar-refractivity contribution in [3.8, 4) is 5.75 Å². The van der Waals surface area contributed by atoms with Crippen LogP contribution in [-0.2, 0) is 0 Å². The normalized spacial score (nSPS) is 19.3. The zero-order chi connectivity index (χ0) is 10.8. The van der Waals surface area contributed by atoms with Gasteiger partial charge >= 0.3 is 0 Å².